The van der Waals surface area contributed by atoms with Crippen LogP contribution in [0.3, 0.4) is 0 Å². The number of nitrogens with two attached hydrogens (primary N) is 1. The van der Waals surface area contributed by atoms with Crippen molar-refractivity contribution in [2.24, 2.45) is 5.73 Å². The highest BCUT2D eigenvalue weighted by atomic mass is 19.1. The number of amidine groups is 1. The molecule has 0 aromatic heterocycles. The first-order valence-electron chi connectivity index (χ1n) is 5.75. The van der Waals surface area contributed by atoms with E-state index in [4.69, 9.17) is 15.9 Å². The summed E-state index contributed by atoms with van der Waals surface area (Å²) in [6, 6.07) is 7.05. The second-order valence-corrected chi connectivity index (χ2v) is 3.69. The summed E-state index contributed by atoms with van der Waals surface area (Å²) in [7, 11) is 0. The van der Waals surface area contributed by atoms with Crippen LogP contribution in [0.5, 0.6) is 5.75 Å². The molecule has 1 aromatic rings. The van der Waals surface area contributed by atoms with Crippen LogP contribution >= 0.6 is 0 Å². The molecule has 98 valence electrons. The van der Waals surface area contributed by atoms with Crippen molar-refractivity contribution < 1.29 is 9.13 Å². The lowest BCUT2D eigenvalue weighted by Gasteiger charge is -2.09. The van der Waals surface area contributed by atoms with Crippen molar-refractivity contribution in [2.75, 3.05) is 19.7 Å². The van der Waals surface area contributed by atoms with Gasteiger partial charge in [0.1, 0.15) is 18.2 Å². The molecule has 0 aliphatic rings. The van der Waals surface area contributed by atoms with Crippen molar-refractivity contribution in [3.63, 3.8) is 0 Å². The van der Waals surface area contributed by atoms with E-state index >= 15 is 0 Å². The third-order valence-corrected chi connectivity index (χ3v) is 2.34. The molecule has 18 heavy (non-hydrogen) atoms. The van der Waals surface area contributed by atoms with E-state index in [2.05, 4.69) is 5.32 Å². The summed E-state index contributed by atoms with van der Waals surface area (Å²) in [6.45, 7) is 2.92. The molecule has 0 radical (unpaired) electrons. The lowest BCUT2D eigenvalue weighted by Crippen LogP contribution is -2.22. The van der Waals surface area contributed by atoms with Gasteiger partial charge < -0.3 is 15.8 Å². The zero-order valence-electron chi connectivity index (χ0n) is 10.4. The van der Waals surface area contributed by atoms with Gasteiger partial charge in [-0.05, 0) is 31.2 Å². The van der Waals surface area contributed by atoms with Crippen LogP contribution in [0.15, 0.2) is 36.2 Å². The molecule has 4 nitrogen and oxygen atoms in total. The van der Waals surface area contributed by atoms with Crippen molar-refractivity contribution >= 4 is 5.84 Å². The molecular formula is C13H18FN3O. The smallest absolute Gasteiger partial charge is 0.125 e. The second kappa shape index (κ2) is 7.45. The Kier molecular flexibility index (Phi) is 5.87. The molecule has 4 N–H and O–H groups in total. The molecule has 0 aliphatic carbocycles. The molecule has 0 unspecified atom stereocenters. The molecule has 0 fully saturated rings. The van der Waals surface area contributed by atoms with Crippen molar-refractivity contribution in [2.45, 2.75) is 6.92 Å². The highest BCUT2D eigenvalue weighted by Gasteiger charge is 2.01. The molecule has 0 heterocycles. The van der Waals surface area contributed by atoms with Crippen molar-refractivity contribution in [3.8, 4) is 5.75 Å². The molecule has 0 atom stereocenters. The number of nitrogens with one attached hydrogen (secondary N) is 2. The minimum Gasteiger partial charge on any atom is -0.489 e. The van der Waals surface area contributed by atoms with Gasteiger partial charge in [-0.1, -0.05) is 0 Å². The van der Waals surface area contributed by atoms with E-state index in [1.165, 1.54) is 0 Å². The van der Waals surface area contributed by atoms with E-state index in [1.807, 2.05) is 6.92 Å². The molecule has 0 amide bonds. The quantitative estimate of drug-likeness (QED) is 0.533. The van der Waals surface area contributed by atoms with Gasteiger partial charge >= 0.3 is 0 Å². The summed E-state index contributed by atoms with van der Waals surface area (Å²) in [5, 5.41) is 10.6. The Labute approximate surface area is 106 Å². The maximum absolute atomic E-state index is 12.3. The zero-order valence-corrected chi connectivity index (χ0v) is 10.4. The number of ether oxygens (including phenoxy) is 1. The molecule has 0 saturated heterocycles. The Hall–Kier alpha value is -1.88. The molecule has 0 aliphatic heterocycles. The van der Waals surface area contributed by atoms with E-state index in [0.717, 1.165) is 5.56 Å². The fourth-order valence-corrected chi connectivity index (χ4v) is 1.31. The SMILES string of the molecule is CCNC(=N)c1ccc(OC/C(=C/F)CN)cc1. The molecule has 0 spiro atoms. The summed E-state index contributed by atoms with van der Waals surface area (Å²) in [5.74, 6) is 0.992. The Balaban J connectivity index is 2.58. The maximum atomic E-state index is 12.3. The lowest BCUT2D eigenvalue weighted by molar-refractivity contribution is 0.347. The van der Waals surface area contributed by atoms with E-state index in [-0.39, 0.29) is 13.2 Å². The number of hydrogen-bond acceptors (Lipinski definition) is 3. The first-order chi connectivity index (χ1) is 8.71. The summed E-state index contributed by atoms with van der Waals surface area (Å²) in [5.41, 5.74) is 6.50. The largest absolute Gasteiger partial charge is 0.489 e. The summed E-state index contributed by atoms with van der Waals surface area (Å²) >= 11 is 0. The molecular weight excluding hydrogens is 233 g/mol. The highest BCUT2D eigenvalue weighted by molar-refractivity contribution is 5.96. The minimum atomic E-state index is 0.136. The Morgan fingerprint density at radius 1 is 1.44 bits per heavy atom. The van der Waals surface area contributed by atoms with Gasteiger partial charge in [0.25, 0.3) is 0 Å². The lowest BCUT2D eigenvalue weighted by atomic mass is 10.2. The van der Waals surface area contributed by atoms with Gasteiger partial charge in [0.05, 0.1) is 6.33 Å². The van der Waals surface area contributed by atoms with Crippen LogP contribution in [0.1, 0.15) is 12.5 Å². The first kappa shape index (κ1) is 14.2. The highest BCUT2D eigenvalue weighted by Crippen LogP contribution is 2.13. The molecule has 0 saturated carbocycles. The monoisotopic (exact) mass is 251 g/mol. The standard InChI is InChI=1S/C13H18FN3O/c1-2-17-13(16)11-3-5-12(6-4-11)18-9-10(7-14)8-15/h3-7H,2,8-9,15H2,1H3,(H2,16,17)/b10-7+. The van der Waals surface area contributed by atoms with Crippen LogP contribution in [-0.4, -0.2) is 25.5 Å². The van der Waals surface area contributed by atoms with Crippen molar-refractivity contribution in [1.82, 2.24) is 5.32 Å². The van der Waals surface area contributed by atoms with Gasteiger partial charge in [-0.3, -0.25) is 5.41 Å². The van der Waals surface area contributed by atoms with Gasteiger partial charge in [-0.2, -0.15) is 0 Å². The predicted octanol–water partition coefficient (Wildman–Crippen LogP) is 1.81. The van der Waals surface area contributed by atoms with E-state index in [0.29, 0.717) is 30.0 Å². The van der Waals surface area contributed by atoms with Crippen LogP contribution in [0.25, 0.3) is 0 Å². The molecule has 1 rings (SSSR count). The van der Waals surface area contributed by atoms with Crippen LogP contribution in [0, 0.1) is 5.41 Å². The maximum Gasteiger partial charge on any atom is 0.125 e. The van der Waals surface area contributed by atoms with Crippen LogP contribution in [0.2, 0.25) is 0 Å². The predicted molar refractivity (Wildman–Crippen MR) is 70.7 cm³/mol. The van der Waals surface area contributed by atoms with Crippen LogP contribution < -0.4 is 15.8 Å². The van der Waals surface area contributed by atoms with Crippen LogP contribution in [0.4, 0.5) is 4.39 Å². The van der Waals surface area contributed by atoms with E-state index < -0.39 is 0 Å². The minimum absolute atomic E-state index is 0.136. The fourth-order valence-electron chi connectivity index (χ4n) is 1.31. The fraction of sp³-hybridized carbons (Fsp3) is 0.308. The molecule has 1 aromatic carbocycles. The van der Waals surface area contributed by atoms with Gasteiger partial charge in [0.15, 0.2) is 0 Å². The Morgan fingerprint density at radius 2 is 2.11 bits per heavy atom. The third kappa shape index (κ3) is 4.18. The number of rotatable bonds is 6. The first-order valence-corrected chi connectivity index (χ1v) is 5.75. The number of hydrogen-bond donors (Lipinski definition) is 3. The van der Waals surface area contributed by atoms with Gasteiger partial charge in [0.2, 0.25) is 0 Å². The third-order valence-electron chi connectivity index (χ3n) is 2.34. The van der Waals surface area contributed by atoms with Gasteiger partial charge in [-0.25, -0.2) is 4.39 Å². The Bertz CT molecular complexity index is 415. The zero-order chi connectivity index (χ0) is 13.4. The van der Waals surface area contributed by atoms with Crippen molar-refractivity contribution in [1.29, 1.82) is 5.41 Å². The van der Waals surface area contributed by atoms with E-state index in [1.54, 1.807) is 24.3 Å². The summed E-state index contributed by atoms with van der Waals surface area (Å²) < 4.78 is 17.6. The van der Waals surface area contributed by atoms with Crippen LogP contribution in [-0.2, 0) is 0 Å². The topological polar surface area (TPSA) is 71.1 Å². The number of halogens is 1. The summed E-state index contributed by atoms with van der Waals surface area (Å²) in [4.78, 5) is 0. The van der Waals surface area contributed by atoms with Crippen molar-refractivity contribution in [3.05, 3.63) is 41.7 Å². The Morgan fingerprint density at radius 3 is 2.61 bits per heavy atom. The summed E-state index contributed by atoms with van der Waals surface area (Å²) in [6.07, 6.45) is 0.467. The average molecular weight is 251 g/mol. The molecule has 0 bridgehead atoms. The van der Waals surface area contributed by atoms with E-state index in [9.17, 15) is 4.39 Å². The second-order valence-electron chi connectivity index (χ2n) is 3.69. The van der Waals surface area contributed by atoms with Gasteiger partial charge in [-0.15, -0.1) is 0 Å². The normalized spacial score (nSPS) is 11.2. The average Bonchev–Trinajstić information content (AvgIpc) is 2.41. The number of benzene rings is 1. The molecule has 5 heteroatoms. The van der Waals surface area contributed by atoms with Gasteiger partial charge in [0, 0.05) is 24.2 Å².